The number of Topliss-reactive ketones (excluding diaryl/α,β-unsaturated/α-hetero) is 1. The third-order valence-electron chi connectivity index (χ3n) is 3.37. The molecule has 0 unspecified atom stereocenters. The molecule has 1 rings (SSSR count). The molecule has 0 aromatic rings. The largest absolute Gasteiger partial charge is 0.505 e. The van der Waals surface area contributed by atoms with Gasteiger partial charge in [0.1, 0.15) is 0 Å². The van der Waals surface area contributed by atoms with Gasteiger partial charge >= 0.3 is 0 Å². The molecule has 0 heterocycles. The Balaban J connectivity index is 2.43. The molecule has 1 saturated carbocycles. The van der Waals surface area contributed by atoms with Gasteiger partial charge < -0.3 is 5.11 Å². The summed E-state index contributed by atoms with van der Waals surface area (Å²) in [4.78, 5) is 11.4. The molecule has 0 aromatic heterocycles. The number of rotatable bonds is 3. The Bertz CT molecular complexity index is 222. The fourth-order valence-corrected chi connectivity index (χ4v) is 2.28. The summed E-state index contributed by atoms with van der Waals surface area (Å²) < 4.78 is 0. The minimum atomic E-state index is -0.266. The van der Waals surface area contributed by atoms with E-state index in [0.717, 1.165) is 31.6 Å². The van der Waals surface area contributed by atoms with E-state index in [0.29, 0.717) is 5.92 Å². The van der Waals surface area contributed by atoms with Gasteiger partial charge in [0.15, 0.2) is 11.5 Å². The Hall–Kier alpha value is -0.790. The molecule has 0 aliphatic heterocycles. The monoisotopic (exact) mass is 196 g/mol. The maximum atomic E-state index is 11.4. The van der Waals surface area contributed by atoms with Gasteiger partial charge in [-0.2, -0.15) is 0 Å². The predicted octanol–water partition coefficient (Wildman–Crippen LogP) is 3.09. The lowest BCUT2D eigenvalue weighted by Gasteiger charge is -2.29. The zero-order chi connectivity index (χ0) is 10.7. The summed E-state index contributed by atoms with van der Waals surface area (Å²) in [6.07, 6.45) is 4.06. The third kappa shape index (κ3) is 2.60. The zero-order valence-electron chi connectivity index (χ0n) is 9.12. The van der Waals surface area contributed by atoms with E-state index >= 15 is 0 Å². The molecule has 0 bridgehead atoms. The fraction of sp³-hybridized carbons (Fsp3) is 0.750. The summed E-state index contributed by atoms with van der Waals surface area (Å²) in [6, 6.07) is 0. The van der Waals surface area contributed by atoms with Crippen LogP contribution in [0.5, 0.6) is 0 Å². The zero-order valence-corrected chi connectivity index (χ0v) is 9.12. The highest BCUT2D eigenvalue weighted by atomic mass is 16.3. The van der Waals surface area contributed by atoms with Gasteiger partial charge in [0.05, 0.1) is 0 Å². The van der Waals surface area contributed by atoms with Crippen molar-refractivity contribution < 1.29 is 9.90 Å². The van der Waals surface area contributed by atoms with Crippen molar-refractivity contribution in [2.45, 2.75) is 39.5 Å². The van der Waals surface area contributed by atoms with E-state index in [1.807, 2.05) is 0 Å². The van der Waals surface area contributed by atoms with Crippen LogP contribution in [-0.4, -0.2) is 10.9 Å². The van der Waals surface area contributed by atoms with Crippen LogP contribution in [0.3, 0.4) is 0 Å². The van der Waals surface area contributed by atoms with Crippen molar-refractivity contribution in [3.8, 4) is 0 Å². The molecule has 0 saturated heterocycles. The molecule has 1 N–H and O–H groups in total. The number of ketones is 1. The van der Waals surface area contributed by atoms with Crippen LogP contribution in [0, 0.1) is 17.8 Å². The highest BCUT2D eigenvalue weighted by molar-refractivity contribution is 5.94. The number of allylic oxidation sites excluding steroid dienone is 1. The smallest absolute Gasteiger partial charge is 0.199 e. The second kappa shape index (κ2) is 4.63. The Morgan fingerprint density at radius 2 is 1.79 bits per heavy atom. The van der Waals surface area contributed by atoms with Gasteiger partial charge in [0.25, 0.3) is 0 Å². The third-order valence-corrected chi connectivity index (χ3v) is 3.37. The minimum absolute atomic E-state index is 0.0301. The fourth-order valence-electron chi connectivity index (χ4n) is 2.28. The van der Waals surface area contributed by atoms with Crippen LogP contribution in [0.25, 0.3) is 0 Å². The second-order valence-electron chi connectivity index (χ2n) is 4.67. The summed E-state index contributed by atoms with van der Waals surface area (Å²) in [5, 5.41) is 9.00. The molecule has 80 valence electrons. The van der Waals surface area contributed by atoms with Gasteiger partial charge in [-0.1, -0.05) is 20.4 Å². The van der Waals surface area contributed by atoms with E-state index in [2.05, 4.69) is 20.4 Å². The molecule has 0 aromatic carbocycles. The summed E-state index contributed by atoms with van der Waals surface area (Å²) in [5.74, 6) is 1.09. The van der Waals surface area contributed by atoms with E-state index in [1.54, 1.807) is 0 Å². The lowest BCUT2D eigenvalue weighted by molar-refractivity contribution is -0.122. The summed E-state index contributed by atoms with van der Waals surface area (Å²) in [6.45, 7) is 7.76. The Kier molecular flexibility index (Phi) is 3.73. The topological polar surface area (TPSA) is 37.3 Å². The lowest BCUT2D eigenvalue weighted by atomic mass is 9.75. The molecule has 14 heavy (non-hydrogen) atoms. The highest BCUT2D eigenvalue weighted by Gasteiger charge is 2.28. The van der Waals surface area contributed by atoms with Crippen LogP contribution in [-0.2, 0) is 4.79 Å². The molecule has 0 radical (unpaired) electrons. The number of hydrogen-bond acceptors (Lipinski definition) is 2. The van der Waals surface area contributed by atoms with Gasteiger partial charge in [-0.15, -0.1) is 0 Å². The molecule has 2 nitrogen and oxygen atoms in total. The molecule has 2 heteroatoms. The normalized spacial score (nSPS) is 27.6. The van der Waals surface area contributed by atoms with Gasteiger partial charge in [-0.3, -0.25) is 4.79 Å². The molecular formula is C12H20O2. The lowest BCUT2D eigenvalue weighted by Crippen LogP contribution is -2.24. The van der Waals surface area contributed by atoms with Gasteiger partial charge in [0.2, 0.25) is 0 Å². The number of carbonyl (C=O) groups excluding carboxylic acids is 1. The number of hydrogen-bond donors (Lipinski definition) is 1. The maximum Gasteiger partial charge on any atom is 0.199 e. The van der Waals surface area contributed by atoms with Crippen molar-refractivity contribution in [2.75, 3.05) is 0 Å². The van der Waals surface area contributed by atoms with Crippen LogP contribution in [0.1, 0.15) is 39.5 Å². The predicted molar refractivity (Wildman–Crippen MR) is 57.1 cm³/mol. The van der Waals surface area contributed by atoms with Crippen LogP contribution in [0.4, 0.5) is 0 Å². The Labute approximate surface area is 86.0 Å². The van der Waals surface area contributed by atoms with E-state index in [9.17, 15) is 4.79 Å². The first-order valence-corrected chi connectivity index (χ1v) is 5.44. The average Bonchev–Trinajstić information content (AvgIpc) is 2.16. The molecule has 1 fully saturated rings. The standard InChI is InChI=1S/C12H20O2/c1-8(2)10-4-6-11(7-5-10)12(14)9(3)13/h8,10-11,13H,3-7H2,1-2H3. The number of aliphatic hydroxyl groups is 1. The molecule has 1 aliphatic rings. The van der Waals surface area contributed by atoms with E-state index in [-0.39, 0.29) is 17.5 Å². The van der Waals surface area contributed by atoms with Crippen LogP contribution >= 0.6 is 0 Å². The van der Waals surface area contributed by atoms with Gasteiger partial charge in [-0.05, 0) is 37.5 Å². The van der Waals surface area contributed by atoms with Gasteiger partial charge in [-0.25, -0.2) is 0 Å². The van der Waals surface area contributed by atoms with Crippen molar-refractivity contribution in [3.63, 3.8) is 0 Å². The van der Waals surface area contributed by atoms with Crippen molar-refractivity contribution >= 4 is 5.78 Å². The molecule has 0 amide bonds. The Morgan fingerprint density at radius 3 is 2.14 bits per heavy atom. The first kappa shape index (κ1) is 11.3. The average molecular weight is 196 g/mol. The molecule has 0 atom stereocenters. The maximum absolute atomic E-state index is 11.4. The molecule has 0 spiro atoms. The van der Waals surface area contributed by atoms with E-state index < -0.39 is 0 Å². The molecule has 1 aliphatic carbocycles. The first-order chi connectivity index (χ1) is 6.52. The summed E-state index contributed by atoms with van der Waals surface area (Å²) >= 11 is 0. The highest BCUT2D eigenvalue weighted by Crippen LogP contribution is 2.34. The quantitative estimate of drug-likeness (QED) is 0.556. The van der Waals surface area contributed by atoms with Crippen molar-refractivity contribution in [3.05, 3.63) is 12.3 Å². The Morgan fingerprint density at radius 1 is 1.29 bits per heavy atom. The van der Waals surface area contributed by atoms with Gasteiger partial charge in [0, 0.05) is 5.92 Å². The van der Waals surface area contributed by atoms with Crippen molar-refractivity contribution in [1.29, 1.82) is 0 Å². The SMILES string of the molecule is C=C(O)C(=O)C1CCC(C(C)C)CC1. The summed E-state index contributed by atoms with van der Waals surface area (Å²) in [7, 11) is 0. The van der Waals surface area contributed by atoms with E-state index in [1.165, 1.54) is 0 Å². The molecular weight excluding hydrogens is 176 g/mol. The van der Waals surface area contributed by atoms with Crippen molar-refractivity contribution in [2.24, 2.45) is 17.8 Å². The van der Waals surface area contributed by atoms with Crippen LogP contribution in [0.15, 0.2) is 12.3 Å². The second-order valence-corrected chi connectivity index (χ2v) is 4.67. The van der Waals surface area contributed by atoms with Crippen LogP contribution < -0.4 is 0 Å². The van der Waals surface area contributed by atoms with Crippen molar-refractivity contribution in [1.82, 2.24) is 0 Å². The van der Waals surface area contributed by atoms with Crippen LogP contribution in [0.2, 0.25) is 0 Å². The summed E-state index contributed by atoms with van der Waals surface area (Å²) in [5.41, 5.74) is 0. The van der Waals surface area contributed by atoms with E-state index in [4.69, 9.17) is 5.11 Å². The minimum Gasteiger partial charge on any atom is -0.505 e. The number of aliphatic hydroxyl groups excluding tert-OH is 1. The number of carbonyl (C=O) groups is 1. The first-order valence-electron chi connectivity index (χ1n) is 5.44.